The number of halogens is 3. The number of hydrogen-bond donors (Lipinski definition) is 1. The van der Waals surface area contributed by atoms with E-state index in [1.165, 1.54) is 13.0 Å². The van der Waals surface area contributed by atoms with E-state index < -0.39 is 41.1 Å². The van der Waals surface area contributed by atoms with E-state index >= 15 is 0 Å². The zero-order valence-corrected chi connectivity index (χ0v) is 12.9. The van der Waals surface area contributed by atoms with Gasteiger partial charge >= 0.3 is 5.97 Å². The van der Waals surface area contributed by atoms with E-state index in [0.717, 1.165) is 11.6 Å². The Balaban J connectivity index is 2.05. The van der Waals surface area contributed by atoms with Crippen LogP contribution in [-0.2, 0) is 9.53 Å². The van der Waals surface area contributed by atoms with Gasteiger partial charge in [0, 0.05) is 0 Å². The minimum atomic E-state index is -1.70. The van der Waals surface area contributed by atoms with Crippen LogP contribution in [0.15, 0.2) is 36.4 Å². The molecular weight excluding hydrogens is 323 g/mol. The molecule has 2 rings (SSSR count). The van der Waals surface area contributed by atoms with E-state index in [0.29, 0.717) is 6.07 Å². The van der Waals surface area contributed by atoms with Crippen molar-refractivity contribution in [2.45, 2.75) is 20.0 Å². The van der Waals surface area contributed by atoms with Crippen LogP contribution in [0.5, 0.6) is 0 Å². The number of esters is 1. The van der Waals surface area contributed by atoms with Gasteiger partial charge in [-0.05, 0) is 38.1 Å². The first-order valence-electron chi connectivity index (χ1n) is 7.01. The third-order valence-electron chi connectivity index (χ3n) is 3.20. The predicted molar refractivity (Wildman–Crippen MR) is 81.0 cm³/mol. The largest absolute Gasteiger partial charge is 0.449 e. The van der Waals surface area contributed by atoms with Crippen LogP contribution in [-0.4, -0.2) is 18.0 Å². The zero-order chi connectivity index (χ0) is 17.9. The number of amides is 1. The SMILES string of the molecule is Cc1cccc(C(=O)O[C@@H](C)C(=O)Nc2ccc(F)c(F)c2F)c1. The molecule has 7 heteroatoms. The van der Waals surface area contributed by atoms with Crippen molar-refractivity contribution in [3.8, 4) is 0 Å². The molecule has 0 aromatic heterocycles. The second-order valence-electron chi connectivity index (χ2n) is 5.13. The number of anilines is 1. The second-order valence-corrected chi connectivity index (χ2v) is 5.13. The average molecular weight is 337 g/mol. The summed E-state index contributed by atoms with van der Waals surface area (Å²) in [5.74, 6) is -6.20. The highest BCUT2D eigenvalue weighted by Crippen LogP contribution is 2.20. The van der Waals surface area contributed by atoms with Gasteiger partial charge in [-0.25, -0.2) is 18.0 Å². The monoisotopic (exact) mass is 337 g/mol. The number of ether oxygens (including phenoxy) is 1. The number of aryl methyl sites for hydroxylation is 1. The Bertz CT molecular complexity index is 793. The predicted octanol–water partition coefficient (Wildman–Crippen LogP) is 3.60. The molecular formula is C17H14F3NO3. The number of benzene rings is 2. The maximum atomic E-state index is 13.5. The van der Waals surface area contributed by atoms with Crippen molar-refractivity contribution >= 4 is 17.6 Å². The molecule has 0 bridgehead atoms. The van der Waals surface area contributed by atoms with Crippen molar-refractivity contribution < 1.29 is 27.5 Å². The summed E-state index contributed by atoms with van der Waals surface area (Å²) in [4.78, 5) is 23.9. The molecule has 0 unspecified atom stereocenters. The molecule has 4 nitrogen and oxygen atoms in total. The highest BCUT2D eigenvalue weighted by Gasteiger charge is 2.22. The molecule has 24 heavy (non-hydrogen) atoms. The highest BCUT2D eigenvalue weighted by atomic mass is 19.2. The molecule has 0 saturated heterocycles. The Morgan fingerprint density at radius 1 is 1.08 bits per heavy atom. The van der Waals surface area contributed by atoms with Crippen LogP contribution < -0.4 is 5.32 Å². The molecule has 0 spiro atoms. The molecule has 0 radical (unpaired) electrons. The summed E-state index contributed by atoms with van der Waals surface area (Å²) in [6.45, 7) is 3.07. The summed E-state index contributed by atoms with van der Waals surface area (Å²) in [7, 11) is 0. The highest BCUT2D eigenvalue weighted by molar-refractivity contribution is 5.97. The quantitative estimate of drug-likeness (QED) is 0.685. The number of carbonyl (C=O) groups is 2. The zero-order valence-electron chi connectivity index (χ0n) is 12.9. The van der Waals surface area contributed by atoms with Crippen molar-refractivity contribution in [2.75, 3.05) is 5.32 Å². The molecule has 126 valence electrons. The molecule has 1 atom stereocenters. The minimum absolute atomic E-state index is 0.258. The Morgan fingerprint density at radius 3 is 2.46 bits per heavy atom. The summed E-state index contributed by atoms with van der Waals surface area (Å²) in [5, 5.41) is 2.05. The fraction of sp³-hybridized carbons (Fsp3) is 0.176. The van der Waals surface area contributed by atoms with E-state index in [1.807, 2.05) is 5.32 Å². The van der Waals surface area contributed by atoms with Crippen LogP contribution in [0.2, 0.25) is 0 Å². The van der Waals surface area contributed by atoms with Crippen LogP contribution >= 0.6 is 0 Å². The summed E-state index contributed by atoms with van der Waals surface area (Å²) < 4.78 is 44.5. The summed E-state index contributed by atoms with van der Waals surface area (Å²) in [6, 6.07) is 8.11. The van der Waals surface area contributed by atoms with Gasteiger partial charge in [0.15, 0.2) is 23.6 Å². The smallest absolute Gasteiger partial charge is 0.338 e. The van der Waals surface area contributed by atoms with E-state index in [2.05, 4.69) is 0 Å². The number of rotatable bonds is 4. The van der Waals surface area contributed by atoms with Gasteiger partial charge in [0.25, 0.3) is 5.91 Å². The van der Waals surface area contributed by atoms with Gasteiger partial charge in [-0.1, -0.05) is 17.7 Å². The first-order chi connectivity index (χ1) is 11.3. The minimum Gasteiger partial charge on any atom is -0.449 e. The van der Waals surface area contributed by atoms with Crippen molar-refractivity contribution in [1.29, 1.82) is 0 Å². The fourth-order valence-corrected chi connectivity index (χ4v) is 1.91. The number of carbonyl (C=O) groups excluding carboxylic acids is 2. The van der Waals surface area contributed by atoms with Gasteiger partial charge in [-0.3, -0.25) is 4.79 Å². The van der Waals surface area contributed by atoms with Crippen LogP contribution in [0.1, 0.15) is 22.8 Å². The standard InChI is InChI=1S/C17H14F3NO3/c1-9-4-3-5-11(8-9)17(23)24-10(2)16(22)21-13-7-6-12(18)14(19)15(13)20/h3-8,10H,1-2H3,(H,21,22)/t10-/m0/s1. The molecule has 0 aliphatic rings. The third kappa shape index (κ3) is 3.92. The van der Waals surface area contributed by atoms with Crippen LogP contribution in [0, 0.1) is 24.4 Å². The molecule has 1 N–H and O–H groups in total. The van der Waals surface area contributed by atoms with Crippen LogP contribution in [0.3, 0.4) is 0 Å². The first kappa shape index (κ1) is 17.5. The van der Waals surface area contributed by atoms with Crippen molar-refractivity contribution in [1.82, 2.24) is 0 Å². The Labute approximate surface area is 136 Å². The molecule has 0 heterocycles. The topological polar surface area (TPSA) is 55.4 Å². The lowest BCUT2D eigenvalue weighted by Gasteiger charge is -2.14. The maximum Gasteiger partial charge on any atom is 0.338 e. The first-order valence-corrected chi connectivity index (χ1v) is 7.01. The third-order valence-corrected chi connectivity index (χ3v) is 3.20. The lowest BCUT2D eigenvalue weighted by atomic mass is 10.1. The van der Waals surface area contributed by atoms with E-state index in [1.54, 1.807) is 25.1 Å². The molecule has 1 amide bonds. The second kappa shape index (κ2) is 7.16. The Hall–Kier alpha value is -2.83. The van der Waals surface area contributed by atoms with Crippen LogP contribution in [0.25, 0.3) is 0 Å². The molecule has 0 fully saturated rings. The number of nitrogens with one attached hydrogen (secondary N) is 1. The lowest BCUT2D eigenvalue weighted by Crippen LogP contribution is -2.30. The summed E-state index contributed by atoms with van der Waals surface area (Å²) >= 11 is 0. The molecule has 0 saturated carbocycles. The van der Waals surface area contributed by atoms with Crippen molar-refractivity contribution in [2.24, 2.45) is 0 Å². The van der Waals surface area contributed by atoms with E-state index in [-0.39, 0.29) is 5.56 Å². The van der Waals surface area contributed by atoms with Gasteiger partial charge in [-0.2, -0.15) is 0 Å². The van der Waals surface area contributed by atoms with Gasteiger partial charge in [0.05, 0.1) is 11.3 Å². The maximum absolute atomic E-state index is 13.5. The molecule has 0 aliphatic heterocycles. The van der Waals surface area contributed by atoms with Crippen molar-refractivity contribution in [3.63, 3.8) is 0 Å². The van der Waals surface area contributed by atoms with Gasteiger partial charge in [-0.15, -0.1) is 0 Å². The van der Waals surface area contributed by atoms with E-state index in [4.69, 9.17) is 4.74 Å². The van der Waals surface area contributed by atoms with Crippen molar-refractivity contribution in [3.05, 3.63) is 65.0 Å². The fourth-order valence-electron chi connectivity index (χ4n) is 1.91. The lowest BCUT2D eigenvalue weighted by molar-refractivity contribution is -0.123. The Morgan fingerprint density at radius 2 is 1.79 bits per heavy atom. The summed E-state index contributed by atoms with van der Waals surface area (Å²) in [5.41, 5.74) is 0.552. The van der Waals surface area contributed by atoms with Gasteiger partial charge in [0.1, 0.15) is 0 Å². The van der Waals surface area contributed by atoms with Crippen LogP contribution in [0.4, 0.5) is 18.9 Å². The molecule has 2 aromatic rings. The molecule has 0 aliphatic carbocycles. The Kier molecular flexibility index (Phi) is 5.23. The number of hydrogen-bond acceptors (Lipinski definition) is 3. The summed E-state index contributed by atoms with van der Waals surface area (Å²) in [6.07, 6.45) is -1.26. The molecule has 2 aromatic carbocycles. The van der Waals surface area contributed by atoms with Gasteiger partial charge < -0.3 is 10.1 Å². The van der Waals surface area contributed by atoms with E-state index in [9.17, 15) is 22.8 Å². The normalized spacial score (nSPS) is 11.7. The average Bonchev–Trinajstić information content (AvgIpc) is 2.55. The van der Waals surface area contributed by atoms with Gasteiger partial charge in [0.2, 0.25) is 0 Å².